The summed E-state index contributed by atoms with van der Waals surface area (Å²) in [5.41, 5.74) is 9.55. The van der Waals surface area contributed by atoms with Crippen molar-refractivity contribution in [3.63, 3.8) is 0 Å². The number of anilines is 2. The van der Waals surface area contributed by atoms with Crippen LogP contribution in [0.3, 0.4) is 0 Å². The Hall–Kier alpha value is -4.88. The van der Waals surface area contributed by atoms with E-state index < -0.39 is 11.9 Å². The quantitative estimate of drug-likeness (QED) is 0.267. The van der Waals surface area contributed by atoms with Crippen molar-refractivity contribution in [1.82, 2.24) is 25.1 Å². The van der Waals surface area contributed by atoms with Crippen LogP contribution in [0.2, 0.25) is 0 Å². The Morgan fingerprint density at radius 3 is 2.70 bits per heavy atom. The average molecular weight is 510 g/mol. The Labute approximate surface area is 216 Å². The number of nitrogens with two attached hydrogens (primary N) is 1. The highest BCUT2D eigenvalue weighted by Crippen LogP contribution is 2.25. The van der Waals surface area contributed by atoms with E-state index in [2.05, 4.69) is 37.7 Å². The average Bonchev–Trinajstić information content (AvgIpc) is 3.57. The largest absolute Gasteiger partial charge is 0.383 e. The molecule has 3 heterocycles. The van der Waals surface area contributed by atoms with E-state index >= 15 is 0 Å². The lowest BCUT2D eigenvalue weighted by molar-refractivity contribution is 0.0940. The number of nitrogen functional groups attached to an aromatic ring is 1. The van der Waals surface area contributed by atoms with E-state index in [1.54, 1.807) is 23.3 Å². The molecular formula is C27H23N7O2S. The number of aromatic nitrogens is 4. The highest BCUT2D eigenvalue weighted by molar-refractivity contribution is 7.10. The first-order valence-corrected chi connectivity index (χ1v) is 12.3. The molecule has 0 aliphatic rings. The first-order chi connectivity index (χ1) is 18.0. The zero-order chi connectivity index (χ0) is 25.9. The summed E-state index contributed by atoms with van der Waals surface area (Å²) in [6.07, 6.45) is 1.69. The van der Waals surface area contributed by atoms with Crippen LogP contribution in [0, 0.1) is 11.8 Å². The van der Waals surface area contributed by atoms with Crippen molar-refractivity contribution in [3.05, 3.63) is 98.4 Å². The highest BCUT2D eigenvalue weighted by Gasteiger charge is 2.23. The first-order valence-electron chi connectivity index (χ1n) is 11.4. The highest BCUT2D eigenvalue weighted by atomic mass is 32.1. The van der Waals surface area contributed by atoms with Gasteiger partial charge in [-0.1, -0.05) is 36.3 Å². The van der Waals surface area contributed by atoms with Gasteiger partial charge in [0.1, 0.15) is 11.4 Å². The van der Waals surface area contributed by atoms with Gasteiger partial charge >= 0.3 is 0 Å². The predicted octanol–water partition coefficient (Wildman–Crippen LogP) is 3.69. The fourth-order valence-corrected chi connectivity index (χ4v) is 4.63. The van der Waals surface area contributed by atoms with Gasteiger partial charge in [0.05, 0.1) is 28.0 Å². The summed E-state index contributed by atoms with van der Waals surface area (Å²) in [4.78, 5) is 32.0. The van der Waals surface area contributed by atoms with Crippen LogP contribution >= 0.6 is 11.3 Å². The van der Waals surface area contributed by atoms with Crippen molar-refractivity contribution in [2.45, 2.75) is 13.0 Å². The van der Waals surface area contributed by atoms with E-state index in [0.717, 1.165) is 10.3 Å². The van der Waals surface area contributed by atoms with Crippen molar-refractivity contribution in [2.75, 3.05) is 18.1 Å². The number of pyridine rings is 1. The second-order valence-corrected chi connectivity index (χ2v) is 9.12. The Morgan fingerprint density at radius 1 is 1.16 bits per heavy atom. The molecule has 1 amide bonds. The van der Waals surface area contributed by atoms with Crippen LogP contribution in [-0.4, -0.2) is 32.7 Å². The lowest BCUT2D eigenvalue weighted by Crippen LogP contribution is -2.32. The monoisotopic (exact) mass is 509 g/mol. The molecule has 10 heteroatoms. The minimum atomic E-state index is -0.546. The molecule has 2 aromatic carbocycles. The van der Waals surface area contributed by atoms with Crippen LogP contribution in [0.1, 0.15) is 39.5 Å². The van der Waals surface area contributed by atoms with Crippen molar-refractivity contribution in [3.8, 4) is 17.5 Å². The summed E-state index contributed by atoms with van der Waals surface area (Å²) >= 11 is 1.44. The molecule has 0 bridgehead atoms. The fraction of sp³-hybridized carbons (Fsp3) is 0.111. The minimum Gasteiger partial charge on any atom is -0.383 e. The number of thiazole rings is 1. The Bertz CT molecular complexity index is 1710. The van der Waals surface area contributed by atoms with Crippen molar-refractivity contribution >= 4 is 39.7 Å². The Morgan fingerprint density at radius 2 is 1.97 bits per heavy atom. The molecule has 9 nitrogen and oxygen atoms in total. The zero-order valence-electron chi connectivity index (χ0n) is 20.1. The Balaban J connectivity index is 1.65. The van der Waals surface area contributed by atoms with Crippen molar-refractivity contribution in [2.24, 2.45) is 0 Å². The number of benzene rings is 2. The number of rotatable bonds is 5. The van der Waals surface area contributed by atoms with E-state index in [-0.39, 0.29) is 16.9 Å². The number of carbonyl (C=O) groups is 1. The molecule has 5 rings (SSSR count). The maximum Gasteiger partial charge on any atom is 0.264 e. The summed E-state index contributed by atoms with van der Waals surface area (Å²) in [7, 11) is 1.65. The number of amides is 1. The number of carbonyl (C=O) groups excluding carboxylic acids is 1. The number of aromatic amines is 1. The number of fused-ring (bicyclic) bond motifs is 1. The smallest absolute Gasteiger partial charge is 0.264 e. The molecule has 0 fully saturated rings. The molecule has 0 aliphatic carbocycles. The van der Waals surface area contributed by atoms with E-state index in [1.807, 2.05) is 61.5 Å². The summed E-state index contributed by atoms with van der Waals surface area (Å²) in [6.45, 7) is 1.82. The van der Waals surface area contributed by atoms with Gasteiger partial charge in [-0.05, 0) is 42.5 Å². The topological polar surface area (TPSA) is 131 Å². The first kappa shape index (κ1) is 23.8. The SMILES string of the molecule is CNc1n[nH]c(N)c1C(=O)NC(C)c1cc2cccc(C#Cc3cncs3)c2c(=O)n1-c1ccccc1. The van der Waals surface area contributed by atoms with Gasteiger partial charge in [-0.25, -0.2) is 0 Å². The van der Waals surface area contributed by atoms with Gasteiger partial charge in [0.15, 0.2) is 5.82 Å². The van der Waals surface area contributed by atoms with Gasteiger partial charge < -0.3 is 16.4 Å². The molecule has 5 N–H and O–H groups in total. The molecule has 184 valence electrons. The van der Waals surface area contributed by atoms with Gasteiger partial charge in [0.2, 0.25) is 0 Å². The Kier molecular flexibility index (Phi) is 6.45. The molecule has 5 aromatic rings. The number of H-pyrrole nitrogens is 1. The molecule has 0 radical (unpaired) electrons. The van der Waals surface area contributed by atoms with Crippen LogP contribution in [0.25, 0.3) is 16.5 Å². The van der Waals surface area contributed by atoms with E-state index in [9.17, 15) is 9.59 Å². The maximum absolute atomic E-state index is 14.0. The van der Waals surface area contributed by atoms with Crippen molar-refractivity contribution in [1.29, 1.82) is 0 Å². The lowest BCUT2D eigenvalue weighted by atomic mass is 10.0. The molecular weight excluding hydrogens is 486 g/mol. The van der Waals surface area contributed by atoms with Crippen molar-refractivity contribution < 1.29 is 4.79 Å². The van der Waals surface area contributed by atoms with E-state index in [1.165, 1.54) is 11.3 Å². The summed E-state index contributed by atoms with van der Waals surface area (Å²) in [5, 5.41) is 13.7. The van der Waals surface area contributed by atoms with E-state index in [0.29, 0.717) is 28.1 Å². The van der Waals surface area contributed by atoms with Gasteiger partial charge in [-0.3, -0.25) is 24.2 Å². The normalized spacial score (nSPS) is 11.5. The second kappa shape index (κ2) is 10.0. The maximum atomic E-state index is 14.0. The molecule has 0 spiro atoms. The molecule has 0 saturated carbocycles. The van der Waals surface area contributed by atoms with Gasteiger partial charge in [0.25, 0.3) is 11.5 Å². The standard InChI is InChI=1S/C27H23N7O2S/c1-16(31-26(35)23-24(28)32-33-25(23)29-2)21-13-18-8-6-7-17(11-12-20-14-30-15-37-20)22(18)27(36)34(21)19-9-4-3-5-10-19/h3-10,13-16H,1-2H3,(H,31,35)(H4,28,29,32,33). The predicted molar refractivity (Wildman–Crippen MR) is 146 cm³/mol. The van der Waals surface area contributed by atoms with Gasteiger partial charge in [-0.2, -0.15) is 5.10 Å². The van der Waals surface area contributed by atoms with Crippen LogP contribution in [0.5, 0.6) is 0 Å². The third kappa shape index (κ3) is 4.55. The minimum absolute atomic E-state index is 0.150. The third-order valence-electron chi connectivity index (χ3n) is 5.89. The number of nitrogens with zero attached hydrogens (tertiary/aromatic N) is 3. The lowest BCUT2D eigenvalue weighted by Gasteiger charge is -2.21. The number of hydrogen-bond donors (Lipinski definition) is 4. The molecule has 1 unspecified atom stereocenters. The van der Waals surface area contributed by atoms with Gasteiger partial charge in [-0.15, -0.1) is 11.3 Å². The zero-order valence-corrected chi connectivity index (χ0v) is 20.9. The fourth-order valence-electron chi connectivity index (χ4n) is 4.16. The number of hydrogen-bond acceptors (Lipinski definition) is 7. The third-order valence-corrected chi connectivity index (χ3v) is 6.58. The molecule has 1 atom stereocenters. The molecule has 3 aromatic heterocycles. The van der Waals surface area contributed by atoms with Crippen LogP contribution < -0.4 is 21.9 Å². The second-order valence-electron chi connectivity index (χ2n) is 8.24. The summed E-state index contributed by atoms with van der Waals surface area (Å²) < 4.78 is 1.61. The summed E-state index contributed by atoms with van der Waals surface area (Å²) in [5.74, 6) is 6.29. The number of nitrogens with one attached hydrogen (secondary N) is 3. The van der Waals surface area contributed by atoms with Crippen LogP contribution in [0.4, 0.5) is 11.6 Å². The van der Waals surface area contributed by atoms with Crippen LogP contribution in [0.15, 0.2) is 71.1 Å². The molecule has 0 aliphatic heterocycles. The van der Waals surface area contributed by atoms with E-state index in [4.69, 9.17) is 5.73 Å². The van der Waals surface area contributed by atoms with Gasteiger partial charge in [0, 0.05) is 24.0 Å². The number of para-hydroxylation sites is 1. The molecule has 37 heavy (non-hydrogen) atoms. The van der Waals surface area contributed by atoms with Crippen LogP contribution in [-0.2, 0) is 0 Å². The molecule has 0 saturated heterocycles. The summed E-state index contributed by atoms with van der Waals surface area (Å²) in [6, 6.07) is 16.2.